The molecule has 1 heterocycles. The van der Waals surface area contributed by atoms with Crippen molar-refractivity contribution in [1.29, 1.82) is 0 Å². The van der Waals surface area contributed by atoms with Crippen molar-refractivity contribution in [3.8, 4) is 0 Å². The summed E-state index contributed by atoms with van der Waals surface area (Å²) in [5.41, 5.74) is -1.56. The second-order valence-electron chi connectivity index (χ2n) is 11.1. The van der Waals surface area contributed by atoms with Gasteiger partial charge in [0.05, 0.1) is 12.0 Å². The van der Waals surface area contributed by atoms with Crippen LogP contribution in [0.5, 0.6) is 0 Å². The number of rotatable bonds is 6. The van der Waals surface area contributed by atoms with E-state index < -0.39 is 34.6 Å². The summed E-state index contributed by atoms with van der Waals surface area (Å²) in [5, 5.41) is 11.5. The van der Waals surface area contributed by atoms with Crippen molar-refractivity contribution in [1.82, 2.24) is 0 Å². The zero-order valence-electron chi connectivity index (χ0n) is 20.6. The minimum Gasteiger partial charge on any atom is -0.448 e. The number of Topliss-reactive ketones (excluding diaryl/α,β-unsaturated/α-hetero) is 1. The normalized spacial score (nSPS) is 44.0. The number of aliphatic hydroxyl groups excluding tert-OH is 1. The van der Waals surface area contributed by atoms with Crippen LogP contribution >= 0.6 is 11.6 Å². The van der Waals surface area contributed by atoms with Crippen molar-refractivity contribution in [2.24, 2.45) is 28.6 Å². The lowest BCUT2D eigenvalue weighted by Gasteiger charge is -2.54. The highest BCUT2D eigenvalue weighted by Crippen LogP contribution is 2.65. The fourth-order valence-corrected chi connectivity index (χ4v) is 7.81. The number of carbonyl (C=O) groups excluding carboxylic acids is 3. The minimum atomic E-state index is -1.39. The van der Waals surface area contributed by atoms with Gasteiger partial charge in [0.15, 0.2) is 23.3 Å². The molecule has 1 saturated heterocycles. The highest BCUT2D eigenvalue weighted by atomic mass is 35.5. The van der Waals surface area contributed by atoms with Crippen molar-refractivity contribution in [3.63, 3.8) is 0 Å². The van der Waals surface area contributed by atoms with Gasteiger partial charge in [0.2, 0.25) is 0 Å². The number of ether oxygens (including phenoxy) is 2. The lowest BCUT2D eigenvalue weighted by Crippen LogP contribution is -2.62. The van der Waals surface area contributed by atoms with Gasteiger partial charge in [0.1, 0.15) is 0 Å². The molecule has 0 aromatic rings. The first-order valence-electron chi connectivity index (χ1n) is 12.6. The van der Waals surface area contributed by atoms with Gasteiger partial charge >= 0.3 is 5.97 Å². The molecule has 1 aliphatic heterocycles. The first kappa shape index (κ1) is 25.6. The highest BCUT2D eigenvalue weighted by molar-refractivity contribution is 6.29. The van der Waals surface area contributed by atoms with Gasteiger partial charge in [0.25, 0.3) is 0 Å². The molecule has 4 rings (SSSR count). The summed E-state index contributed by atoms with van der Waals surface area (Å²) in [5.74, 6) is -1.36. The molecule has 0 bridgehead atoms. The van der Waals surface area contributed by atoms with E-state index in [0.717, 1.165) is 18.4 Å². The quantitative estimate of drug-likeness (QED) is 0.442. The number of esters is 1. The Balaban J connectivity index is 1.69. The Morgan fingerprint density at radius 3 is 2.65 bits per heavy atom. The number of ketones is 2. The van der Waals surface area contributed by atoms with Gasteiger partial charge < -0.3 is 14.6 Å². The Bertz CT molecular complexity index is 920. The van der Waals surface area contributed by atoms with E-state index in [4.69, 9.17) is 21.1 Å². The van der Waals surface area contributed by atoms with E-state index in [9.17, 15) is 19.5 Å². The molecule has 0 spiro atoms. The molecule has 6 nitrogen and oxygen atoms in total. The van der Waals surface area contributed by atoms with Crippen LogP contribution in [0.25, 0.3) is 0 Å². The number of allylic oxidation sites excluding steroid dienone is 4. The number of halogens is 1. The third-order valence-corrected chi connectivity index (χ3v) is 9.70. The topological polar surface area (TPSA) is 89.9 Å². The van der Waals surface area contributed by atoms with E-state index in [1.807, 2.05) is 26.8 Å². The molecule has 34 heavy (non-hydrogen) atoms. The SMILES string of the molecule is CCC1=CC(=O)C=C[C@]1(C)C1C[C@@H]2C[C@@H](C)[C@](OC(=O)C3CCCO3)(C(=O)CCl)[C@@]2(C)C[C@@H]1O. The summed E-state index contributed by atoms with van der Waals surface area (Å²) in [6.45, 7) is 8.56. The number of fused-ring (bicyclic) bond motifs is 1. The molecular formula is C27H37ClO6. The van der Waals surface area contributed by atoms with E-state index in [-0.39, 0.29) is 35.2 Å². The second kappa shape index (κ2) is 9.18. The Kier molecular flexibility index (Phi) is 6.91. The van der Waals surface area contributed by atoms with Crippen molar-refractivity contribution in [3.05, 3.63) is 23.8 Å². The first-order valence-corrected chi connectivity index (χ1v) is 13.1. The molecule has 0 radical (unpaired) electrons. The lowest BCUT2D eigenvalue weighted by atomic mass is 9.53. The Hall–Kier alpha value is -1.50. The predicted molar refractivity (Wildman–Crippen MR) is 128 cm³/mol. The van der Waals surface area contributed by atoms with Gasteiger partial charge in [-0.3, -0.25) is 9.59 Å². The summed E-state index contributed by atoms with van der Waals surface area (Å²) < 4.78 is 11.7. The number of aliphatic hydroxyl groups is 1. The van der Waals surface area contributed by atoms with E-state index >= 15 is 0 Å². The van der Waals surface area contributed by atoms with Crippen LogP contribution in [-0.4, -0.2) is 52.9 Å². The molecule has 3 fully saturated rings. The van der Waals surface area contributed by atoms with E-state index in [2.05, 4.69) is 6.92 Å². The summed E-state index contributed by atoms with van der Waals surface area (Å²) >= 11 is 6.10. The molecular weight excluding hydrogens is 456 g/mol. The summed E-state index contributed by atoms with van der Waals surface area (Å²) in [6.07, 6.45) is 7.64. The number of hydrogen-bond donors (Lipinski definition) is 1. The maximum atomic E-state index is 13.5. The Morgan fingerprint density at radius 2 is 2.03 bits per heavy atom. The van der Waals surface area contributed by atoms with Crippen molar-refractivity contribution in [2.75, 3.05) is 12.5 Å². The zero-order chi connectivity index (χ0) is 24.9. The van der Waals surface area contributed by atoms with Gasteiger partial charge in [0, 0.05) is 23.4 Å². The van der Waals surface area contributed by atoms with E-state index in [1.54, 1.807) is 12.2 Å². The molecule has 2 unspecified atom stereocenters. The molecule has 1 N–H and O–H groups in total. The fourth-order valence-electron chi connectivity index (χ4n) is 7.62. The molecule has 8 atom stereocenters. The smallest absolute Gasteiger partial charge is 0.336 e. The highest BCUT2D eigenvalue weighted by Gasteiger charge is 2.70. The molecule has 0 amide bonds. The Morgan fingerprint density at radius 1 is 1.29 bits per heavy atom. The molecule has 4 aliphatic rings. The first-order chi connectivity index (χ1) is 16.0. The standard InChI is InChI=1S/C27H37ClO6/c1-5-17-12-19(29)8-9-25(17,3)20-13-18-11-16(2)27(23(31)15-28,26(18,4)14-21(20)30)34-24(32)22-7-6-10-33-22/h8-9,12,16,18,20-22,30H,5-7,10-11,13-15H2,1-4H3/t16-,18+,20?,21+,22?,25+,26+,27+/m1/s1. The maximum absolute atomic E-state index is 13.5. The summed E-state index contributed by atoms with van der Waals surface area (Å²) in [7, 11) is 0. The van der Waals surface area contributed by atoms with Crippen LogP contribution in [0.15, 0.2) is 23.8 Å². The molecule has 0 aromatic carbocycles. The monoisotopic (exact) mass is 492 g/mol. The van der Waals surface area contributed by atoms with E-state index in [0.29, 0.717) is 32.3 Å². The Labute approximate surface area is 207 Å². The summed E-state index contributed by atoms with van der Waals surface area (Å²) in [6, 6.07) is 0. The van der Waals surface area contributed by atoms with Gasteiger partial charge in [-0.1, -0.05) is 39.3 Å². The number of hydrogen-bond acceptors (Lipinski definition) is 6. The van der Waals surface area contributed by atoms with Crippen LogP contribution in [0.3, 0.4) is 0 Å². The average molecular weight is 493 g/mol. The number of alkyl halides is 1. The molecule has 188 valence electrons. The van der Waals surface area contributed by atoms with Gasteiger partial charge in [-0.2, -0.15) is 0 Å². The third kappa shape index (κ3) is 3.72. The maximum Gasteiger partial charge on any atom is 0.336 e. The average Bonchev–Trinajstić information content (AvgIpc) is 3.41. The van der Waals surface area contributed by atoms with Crippen molar-refractivity contribution in [2.45, 2.75) is 84.0 Å². The fraction of sp³-hybridized carbons (Fsp3) is 0.741. The lowest BCUT2D eigenvalue weighted by molar-refractivity contribution is -0.202. The predicted octanol–water partition coefficient (Wildman–Crippen LogP) is 4.17. The van der Waals surface area contributed by atoms with Gasteiger partial charge in [-0.25, -0.2) is 4.79 Å². The van der Waals surface area contributed by atoms with Crippen molar-refractivity contribution >= 4 is 29.1 Å². The minimum absolute atomic E-state index is 0.0216. The van der Waals surface area contributed by atoms with E-state index in [1.165, 1.54) is 0 Å². The van der Waals surface area contributed by atoms with Crippen molar-refractivity contribution < 1.29 is 29.0 Å². The number of carbonyl (C=O) groups is 3. The largest absolute Gasteiger partial charge is 0.448 e. The van der Waals surface area contributed by atoms with Gasteiger partial charge in [-0.15, -0.1) is 11.6 Å². The van der Waals surface area contributed by atoms with Crippen LogP contribution in [0.2, 0.25) is 0 Å². The summed E-state index contributed by atoms with van der Waals surface area (Å²) in [4.78, 5) is 38.6. The van der Waals surface area contributed by atoms with Gasteiger partial charge in [-0.05, 0) is 62.5 Å². The second-order valence-corrected chi connectivity index (χ2v) is 11.4. The van der Waals surface area contributed by atoms with Crippen LogP contribution in [0, 0.1) is 28.6 Å². The molecule has 2 saturated carbocycles. The molecule has 0 aromatic heterocycles. The van der Waals surface area contributed by atoms with Crippen LogP contribution in [0.1, 0.15) is 66.2 Å². The molecule has 3 aliphatic carbocycles. The van der Waals surface area contributed by atoms with Crippen LogP contribution < -0.4 is 0 Å². The molecule has 7 heteroatoms. The van der Waals surface area contributed by atoms with Crippen LogP contribution in [-0.2, 0) is 23.9 Å². The van der Waals surface area contributed by atoms with Crippen LogP contribution in [0.4, 0.5) is 0 Å². The zero-order valence-corrected chi connectivity index (χ0v) is 21.4. The third-order valence-electron chi connectivity index (χ3n) is 9.46.